The van der Waals surface area contributed by atoms with Gasteiger partial charge in [-0.05, 0) is 30.3 Å². The Kier molecular flexibility index (Phi) is 4.66. The number of aromatic nitrogens is 1. The van der Waals surface area contributed by atoms with E-state index in [-0.39, 0.29) is 23.4 Å². The van der Waals surface area contributed by atoms with E-state index in [1.54, 1.807) is 6.07 Å². The molecule has 1 heterocycles. The van der Waals surface area contributed by atoms with Crippen LogP contribution in [0.1, 0.15) is 28.9 Å². The molecule has 0 saturated carbocycles. The first-order valence-electron chi connectivity index (χ1n) is 6.57. The van der Waals surface area contributed by atoms with Crippen molar-refractivity contribution >= 4 is 11.8 Å². The van der Waals surface area contributed by atoms with E-state index >= 15 is 0 Å². The molecule has 1 aromatic heterocycles. The predicted octanol–water partition coefficient (Wildman–Crippen LogP) is 2.51. The van der Waals surface area contributed by atoms with E-state index in [1.165, 1.54) is 30.3 Å². The number of carbonyl (C=O) groups excluding carboxylic acids is 1. The van der Waals surface area contributed by atoms with Crippen LogP contribution in [0.25, 0.3) is 11.3 Å². The highest BCUT2D eigenvalue weighted by atomic mass is 19.1. The molecule has 116 valence electrons. The molecule has 23 heavy (non-hydrogen) atoms. The van der Waals surface area contributed by atoms with Gasteiger partial charge in [-0.1, -0.05) is 0 Å². The fraction of sp³-hybridized carbons (Fsp3) is 0.125. The van der Waals surface area contributed by atoms with Gasteiger partial charge in [0.15, 0.2) is 11.5 Å². The quantitative estimate of drug-likeness (QED) is 0.820. The lowest BCUT2D eigenvalue weighted by Crippen LogP contribution is -2.08. The number of rotatable bonds is 5. The largest absolute Gasteiger partial charge is 0.504 e. The fourth-order valence-corrected chi connectivity index (χ4v) is 1.93. The Morgan fingerprint density at radius 2 is 1.87 bits per heavy atom. The number of Topliss-reactive ketones (excluding diaryl/α,β-unsaturated/α-hetero) is 1. The summed E-state index contributed by atoms with van der Waals surface area (Å²) in [6, 6.07) is 8.25. The molecule has 2 aromatic rings. The summed E-state index contributed by atoms with van der Waals surface area (Å²) in [6.07, 6.45) is -0.768. The number of pyridine rings is 1. The Hall–Kier alpha value is -3.27. The molecule has 0 aliphatic carbocycles. The van der Waals surface area contributed by atoms with E-state index in [0.717, 1.165) is 0 Å². The zero-order chi connectivity index (χ0) is 17.0. The average molecular weight is 314 g/mol. The monoisotopic (exact) mass is 314 g/mol. The molecule has 0 fully saturated rings. The first-order valence-corrected chi connectivity index (χ1v) is 6.57. The molecule has 0 aliphatic heterocycles. The van der Waals surface area contributed by atoms with Crippen LogP contribution in [0.4, 0.5) is 4.39 Å². The molecule has 0 unspecified atom stereocenters. The molecule has 1 aromatic carbocycles. The van der Waals surface area contributed by atoms with Crippen LogP contribution in [-0.4, -0.2) is 26.9 Å². The molecular formula is C16H11FN2O4. The van der Waals surface area contributed by atoms with Crippen molar-refractivity contribution in [2.45, 2.75) is 12.8 Å². The summed E-state index contributed by atoms with van der Waals surface area (Å²) in [5.74, 6) is -2.89. The third-order valence-electron chi connectivity index (χ3n) is 3.08. The van der Waals surface area contributed by atoms with Gasteiger partial charge in [-0.2, -0.15) is 5.26 Å². The third-order valence-corrected chi connectivity index (χ3v) is 3.08. The Bertz CT molecular complexity index is 810. The number of carboxylic acid groups (broad SMARTS) is 1. The SMILES string of the molecule is N#Cc1cc(-c2ccc(F)cc2)nc(C(=O)CCC(=O)O)c1O. The van der Waals surface area contributed by atoms with Crippen molar-refractivity contribution in [1.29, 1.82) is 5.26 Å². The maximum atomic E-state index is 13.0. The van der Waals surface area contributed by atoms with Crippen molar-refractivity contribution in [1.82, 2.24) is 4.98 Å². The molecule has 2 N–H and O–H groups in total. The van der Waals surface area contributed by atoms with Gasteiger partial charge in [-0.3, -0.25) is 9.59 Å². The highest BCUT2D eigenvalue weighted by Gasteiger charge is 2.19. The van der Waals surface area contributed by atoms with Gasteiger partial charge in [-0.15, -0.1) is 0 Å². The molecule has 0 spiro atoms. The number of ketones is 1. The molecule has 0 saturated heterocycles. The van der Waals surface area contributed by atoms with E-state index in [2.05, 4.69) is 4.98 Å². The number of aliphatic carboxylic acids is 1. The van der Waals surface area contributed by atoms with Crippen LogP contribution in [0.5, 0.6) is 5.75 Å². The van der Waals surface area contributed by atoms with E-state index in [0.29, 0.717) is 5.56 Å². The molecule has 0 aliphatic rings. The summed E-state index contributed by atoms with van der Waals surface area (Å²) in [6.45, 7) is 0. The van der Waals surface area contributed by atoms with Crippen LogP contribution in [0, 0.1) is 17.1 Å². The first kappa shape index (κ1) is 16.1. The molecule has 0 atom stereocenters. The van der Waals surface area contributed by atoms with Crippen LogP contribution in [-0.2, 0) is 4.79 Å². The van der Waals surface area contributed by atoms with Gasteiger partial charge in [0.05, 0.1) is 17.7 Å². The van der Waals surface area contributed by atoms with Crippen LogP contribution in [0.15, 0.2) is 30.3 Å². The van der Waals surface area contributed by atoms with Crippen molar-refractivity contribution in [2.24, 2.45) is 0 Å². The van der Waals surface area contributed by atoms with Gasteiger partial charge in [-0.25, -0.2) is 9.37 Å². The van der Waals surface area contributed by atoms with Crippen LogP contribution < -0.4 is 0 Å². The van der Waals surface area contributed by atoms with Gasteiger partial charge < -0.3 is 10.2 Å². The smallest absolute Gasteiger partial charge is 0.303 e. The number of nitrogens with zero attached hydrogens (tertiary/aromatic N) is 2. The molecule has 2 rings (SSSR count). The van der Waals surface area contributed by atoms with Crippen LogP contribution in [0.2, 0.25) is 0 Å². The lowest BCUT2D eigenvalue weighted by Gasteiger charge is -2.08. The van der Waals surface area contributed by atoms with E-state index < -0.39 is 29.7 Å². The molecule has 0 bridgehead atoms. The maximum absolute atomic E-state index is 13.0. The average Bonchev–Trinajstić information content (AvgIpc) is 2.53. The molecule has 0 amide bonds. The maximum Gasteiger partial charge on any atom is 0.303 e. The number of hydrogen-bond acceptors (Lipinski definition) is 5. The zero-order valence-electron chi connectivity index (χ0n) is 11.8. The van der Waals surface area contributed by atoms with Crippen molar-refractivity contribution in [3.05, 3.63) is 47.4 Å². The Balaban J connectivity index is 2.48. The lowest BCUT2D eigenvalue weighted by atomic mass is 10.0. The number of nitriles is 1. The standard InChI is InChI=1S/C16H11FN2O4/c17-11-3-1-9(2-4-11)12-7-10(8-18)16(23)15(19-12)13(20)5-6-14(21)22/h1-4,7,23H,5-6H2,(H,21,22). The minimum Gasteiger partial charge on any atom is -0.504 e. The number of hydrogen-bond donors (Lipinski definition) is 2. The fourth-order valence-electron chi connectivity index (χ4n) is 1.93. The number of benzene rings is 1. The second-order valence-corrected chi connectivity index (χ2v) is 4.69. The molecule has 0 radical (unpaired) electrons. The second kappa shape index (κ2) is 6.66. The lowest BCUT2D eigenvalue weighted by molar-refractivity contribution is -0.136. The van der Waals surface area contributed by atoms with E-state index in [1.807, 2.05) is 0 Å². The number of carboxylic acids is 1. The minimum absolute atomic E-state index is 0.169. The number of halogens is 1. The van der Waals surface area contributed by atoms with Gasteiger partial charge in [0, 0.05) is 12.0 Å². The van der Waals surface area contributed by atoms with Crippen LogP contribution in [0.3, 0.4) is 0 Å². The van der Waals surface area contributed by atoms with Crippen molar-refractivity contribution in [2.75, 3.05) is 0 Å². The highest BCUT2D eigenvalue weighted by molar-refractivity contribution is 5.99. The summed E-state index contributed by atoms with van der Waals surface area (Å²) in [4.78, 5) is 26.6. The summed E-state index contributed by atoms with van der Waals surface area (Å²) >= 11 is 0. The Labute approximate surface area is 130 Å². The summed E-state index contributed by atoms with van der Waals surface area (Å²) in [5.41, 5.74) is 0.121. The van der Waals surface area contributed by atoms with Crippen LogP contribution >= 0.6 is 0 Å². The Morgan fingerprint density at radius 3 is 2.43 bits per heavy atom. The van der Waals surface area contributed by atoms with E-state index in [4.69, 9.17) is 10.4 Å². The van der Waals surface area contributed by atoms with Gasteiger partial charge in [0.2, 0.25) is 0 Å². The summed E-state index contributed by atoms with van der Waals surface area (Å²) in [5, 5.41) is 27.6. The first-order chi connectivity index (χ1) is 10.9. The molecular weight excluding hydrogens is 303 g/mol. The van der Waals surface area contributed by atoms with Gasteiger partial charge in [0.25, 0.3) is 0 Å². The third kappa shape index (κ3) is 3.68. The number of aromatic hydroxyl groups is 1. The van der Waals surface area contributed by atoms with Crippen molar-refractivity contribution in [3.8, 4) is 23.1 Å². The Morgan fingerprint density at radius 1 is 1.22 bits per heavy atom. The molecule has 6 nitrogen and oxygen atoms in total. The highest BCUT2D eigenvalue weighted by Crippen LogP contribution is 2.28. The summed E-state index contributed by atoms with van der Waals surface area (Å²) < 4.78 is 13.0. The second-order valence-electron chi connectivity index (χ2n) is 4.69. The minimum atomic E-state index is -1.16. The summed E-state index contributed by atoms with van der Waals surface area (Å²) in [7, 11) is 0. The van der Waals surface area contributed by atoms with Crippen molar-refractivity contribution < 1.29 is 24.2 Å². The predicted molar refractivity (Wildman–Crippen MR) is 77.2 cm³/mol. The topological polar surface area (TPSA) is 111 Å². The van der Waals surface area contributed by atoms with Gasteiger partial charge >= 0.3 is 5.97 Å². The zero-order valence-corrected chi connectivity index (χ0v) is 11.8. The van der Waals surface area contributed by atoms with E-state index in [9.17, 15) is 19.1 Å². The molecule has 7 heteroatoms. The number of carbonyl (C=O) groups is 2. The normalized spacial score (nSPS) is 10.1. The van der Waals surface area contributed by atoms with Gasteiger partial charge in [0.1, 0.15) is 17.6 Å². The van der Waals surface area contributed by atoms with Crippen molar-refractivity contribution in [3.63, 3.8) is 0 Å².